The first-order valence-corrected chi connectivity index (χ1v) is 22.4. The number of benzene rings is 10. The fourth-order valence-electron chi connectivity index (χ4n) is 9.09. The van der Waals surface area contributed by atoms with E-state index in [2.05, 4.69) is 229 Å². The van der Waals surface area contributed by atoms with E-state index < -0.39 is 0 Å². The standard InChI is InChI=1S/C58H37NS2/c1-2-15-47-40(11-1)12-10-19-48(47)41-25-23-38(24-26-41)42-13-9-14-46(35-42)59(45-31-27-39(28-32-45)43-29-33-52-50-17-4-7-21-55(50)60-57(52)36-43)54-20-6-3-16-49(54)44-30-34-53-51-18-5-8-22-56(51)61-58(53)37-44/h1-37H. The minimum Gasteiger partial charge on any atom is -0.310 e. The van der Waals surface area contributed by atoms with Gasteiger partial charge in [-0.15, -0.1) is 22.7 Å². The van der Waals surface area contributed by atoms with Crippen molar-refractivity contribution in [2.24, 2.45) is 0 Å². The zero-order valence-electron chi connectivity index (χ0n) is 33.1. The molecule has 2 aromatic heterocycles. The lowest BCUT2D eigenvalue weighted by atomic mass is 9.96. The lowest BCUT2D eigenvalue weighted by molar-refractivity contribution is 1.28. The fourth-order valence-corrected chi connectivity index (χ4v) is 11.4. The van der Waals surface area contributed by atoms with Gasteiger partial charge in [0.15, 0.2) is 0 Å². The third-order valence-corrected chi connectivity index (χ3v) is 14.4. The number of rotatable bonds is 7. The minimum absolute atomic E-state index is 1.10. The minimum atomic E-state index is 1.10. The van der Waals surface area contributed by atoms with Gasteiger partial charge in [-0.05, 0) is 104 Å². The Morgan fingerprint density at radius 2 is 0.754 bits per heavy atom. The third-order valence-electron chi connectivity index (χ3n) is 12.1. The second-order valence-electron chi connectivity index (χ2n) is 15.7. The van der Waals surface area contributed by atoms with E-state index in [1.807, 2.05) is 22.7 Å². The molecule has 12 aromatic rings. The summed E-state index contributed by atoms with van der Waals surface area (Å²) in [5.74, 6) is 0. The number of hydrogen-bond acceptors (Lipinski definition) is 3. The van der Waals surface area contributed by atoms with Crippen LogP contribution in [0.2, 0.25) is 0 Å². The molecule has 1 nitrogen and oxygen atoms in total. The van der Waals surface area contributed by atoms with Gasteiger partial charge in [-0.25, -0.2) is 0 Å². The summed E-state index contributed by atoms with van der Waals surface area (Å²) >= 11 is 3.73. The van der Waals surface area contributed by atoms with Gasteiger partial charge in [-0.3, -0.25) is 0 Å². The Morgan fingerprint density at radius 3 is 1.49 bits per heavy atom. The maximum Gasteiger partial charge on any atom is 0.0540 e. The molecule has 0 unspecified atom stereocenters. The van der Waals surface area contributed by atoms with Crippen LogP contribution in [0.4, 0.5) is 17.1 Å². The zero-order chi connectivity index (χ0) is 40.3. The van der Waals surface area contributed by atoms with Crippen LogP contribution >= 0.6 is 22.7 Å². The summed E-state index contributed by atoms with van der Waals surface area (Å²) in [7, 11) is 0. The quantitative estimate of drug-likeness (QED) is 0.155. The van der Waals surface area contributed by atoms with Crippen LogP contribution < -0.4 is 4.90 Å². The molecule has 0 radical (unpaired) electrons. The number of nitrogens with zero attached hydrogens (tertiary/aromatic N) is 1. The predicted octanol–water partition coefficient (Wildman–Crippen LogP) is 17.7. The summed E-state index contributed by atoms with van der Waals surface area (Å²) in [5.41, 5.74) is 13.0. The van der Waals surface area contributed by atoms with Gasteiger partial charge >= 0.3 is 0 Å². The number of hydrogen-bond donors (Lipinski definition) is 0. The Balaban J connectivity index is 0.964. The van der Waals surface area contributed by atoms with E-state index in [-0.39, 0.29) is 0 Å². The molecule has 2 heterocycles. The normalized spacial score (nSPS) is 11.6. The molecule has 286 valence electrons. The summed E-state index contributed by atoms with van der Waals surface area (Å²) in [4.78, 5) is 2.43. The summed E-state index contributed by atoms with van der Waals surface area (Å²) in [6, 6.07) is 82.5. The van der Waals surface area contributed by atoms with Gasteiger partial charge in [0, 0.05) is 57.3 Å². The van der Waals surface area contributed by atoms with E-state index in [1.54, 1.807) is 0 Å². The maximum atomic E-state index is 2.43. The first-order valence-electron chi connectivity index (χ1n) is 20.7. The van der Waals surface area contributed by atoms with Gasteiger partial charge in [0.2, 0.25) is 0 Å². The summed E-state index contributed by atoms with van der Waals surface area (Å²) in [6.07, 6.45) is 0. The second kappa shape index (κ2) is 14.8. The number of para-hydroxylation sites is 1. The molecule has 0 N–H and O–H groups in total. The van der Waals surface area contributed by atoms with Crippen LogP contribution in [0.5, 0.6) is 0 Å². The third kappa shape index (κ3) is 6.29. The maximum absolute atomic E-state index is 2.43. The number of fused-ring (bicyclic) bond motifs is 7. The van der Waals surface area contributed by atoms with Crippen LogP contribution in [-0.2, 0) is 0 Å². The van der Waals surface area contributed by atoms with Crippen LogP contribution in [0.15, 0.2) is 224 Å². The molecule has 12 rings (SSSR count). The van der Waals surface area contributed by atoms with Gasteiger partial charge in [-0.1, -0.05) is 170 Å². The lowest BCUT2D eigenvalue weighted by Crippen LogP contribution is -2.11. The number of anilines is 3. The van der Waals surface area contributed by atoms with Crippen LogP contribution in [0.1, 0.15) is 0 Å². The Morgan fingerprint density at radius 1 is 0.262 bits per heavy atom. The first kappa shape index (κ1) is 35.6. The average Bonchev–Trinajstić information content (AvgIpc) is 3.90. The van der Waals surface area contributed by atoms with Gasteiger partial charge < -0.3 is 4.90 Å². The molecule has 0 aliphatic rings. The smallest absolute Gasteiger partial charge is 0.0540 e. The topological polar surface area (TPSA) is 3.24 Å². The van der Waals surface area contributed by atoms with Crippen molar-refractivity contribution in [1.29, 1.82) is 0 Å². The fraction of sp³-hybridized carbons (Fsp3) is 0. The monoisotopic (exact) mass is 811 g/mol. The molecule has 0 spiro atoms. The van der Waals surface area contributed by atoms with Crippen LogP contribution in [0, 0.1) is 0 Å². The summed E-state index contributed by atoms with van der Waals surface area (Å²) in [6.45, 7) is 0. The SMILES string of the molecule is c1cc(-c2ccc(-c3cccc4ccccc34)cc2)cc(N(c2ccc(-c3ccc4c(c3)sc3ccccc34)cc2)c2ccccc2-c2ccc3c(c2)sc2ccccc23)c1. The summed E-state index contributed by atoms with van der Waals surface area (Å²) in [5, 5.41) is 7.80. The van der Waals surface area contributed by atoms with E-state index in [1.165, 1.54) is 95.6 Å². The van der Waals surface area contributed by atoms with Gasteiger partial charge in [-0.2, -0.15) is 0 Å². The van der Waals surface area contributed by atoms with Crippen molar-refractivity contribution in [3.8, 4) is 44.5 Å². The van der Waals surface area contributed by atoms with E-state index in [4.69, 9.17) is 0 Å². The van der Waals surface area contributed by atoms with E-state index in [0.29, 0.717) is 0 Å². The second-order valence-corrected chi connectivity index (χ2v) is 17.8. The highest BCUT2D eigenvalue weighted by Crippen LogP contribution is 2.45. The van der Waals surface area contributed by atoms with Crippen LogP contribution in [0.3, 0.4) is 0 Å². The Kier molecular flexibility index (Phi) is 8.62. The van der Waals surface area contributed by atoms with Crippen molar-refractivity contribution in [2.45, 2.75) is 0 Å². The van der Waals surface area contributed by atoms with Crippen molar-refractivity contribution in [2.75, 3.05) is 4.90 Å². The van der Waals surface area contributed by atoms with Gasteiger partial charge in [0.1, 0.15) is 0 Å². The molecule has 0 saturated carbocycles. The zero-order valence-corrected chi connectivity index (χ0v) is 34.8. The van der Waals surface area contributed by atoms with Crippen LogP contribution in [-0.4, -0.2) is 0 Å². The predicted molar refractivity (Wildman–Crippen MR) is 266 cm³/mol. The summed E-state index contributed by atoms with van der Waals surface area (Å²) < 4.78 is 5.26. The van der Waals surface area contributed by atoms with Crippen LogP contribution in [0.25, 0.3) is 95.6 Å². The highest BCUT2D eigenvalue weighted by molar-refractivity contribution is 7.26. The molecule has 0 bridgehead atoms. The molecule has 0 atom stereocenters. The first-order chi connectivity index (χ1) is 30.2. The highest BCUT2D eigenvalue weighted by atomic mass is 32.1. The largest absolute Gasteiger partial charge is 0.310 e. The molecule has 0 aliphatic heterocycles. The van der Waals surface area contributed by atoms with Crippen molar-refractivity contribution in [1.82, 2.24) is 0 Å². The Labute approximate surface area is 362 Å². The molecule has 0 aliphatic carbocycles. The van der Waals surface area contributed by atoms with Crippen molar-refractivity contribution >= 4 is 90.9 Å². The molecule has 0 fully saturated rings. The van der Waals surface area contributed by atoms with Crippen molar-refractivity contribution < 1.29 is 0 Å². The van der Waals surface area contributed by atoms with Gasteiger partial charge in [0.05, 0.1) is 5.69 Å². The molecule has 0 amide bonds. The average molecular weight is 812 g/mol. The lowest BCUT2D eigenvalue weighted by Gasteiger charge is -2.28. The van der Waals surface area contributed by atoms with Crippen molar-refractivity contribution in [3.05, 3.63) is 224 Å². The van der Waals surface area contributed by atoms with E-state index in [0.717, 1.165) is 17.1 Å². The highest BCUT2D eigenvalue weighted by Gasteiger charge is 2.19. The molecular weight excluding hydrogens is 775 g/mol. The Bertz CT molecular complexity index is 3590. The Hall–Kier alpha value is -7.30. The molecule has 0 saturated heterocycles. The van der Waals surface area contributed by atoms with Crippen molar-refractivity contribution in [3.63, 3.8) is 0 Å². The molecular formula is C58H37NS2. The van der Waals surface area contributed by atoms with Gasteiger partial charge in [0.25, 0.3) is 0 Å². The molecule has 3 heteroatoms. The molecule has 61 heavy (non-hydrogen) atoms. The van der Waals surface area contributed by atoms with E-state index >= 15 is 0 Å². The molecule has 10 aromatic carbocycles. The number of thiophene rings is 2. The van der Waals surface area contributed by atoms with E-state index in [9.17, 15) is 0 Å².